The van der Waals surface area contributed by atoms with Crippen LogP contribution in [0.2, 0.25) is 0 Å². The van der Waals surface area contributed by atoms with Crippen molar-refractivity contribution in [3.63, 3.8) is 0 Å². The minimum atomic E-state index is -0.0169. The summed E-state index contributed by atoms with van der Waals surface area (Å²) in [4.78, 5) is 24.7. The lowest BCUT2D eigenvalue weighted by atomic mass is 10.3. The highest BCUT2D eigenvalue weighted by Gasteiger charge is 2.16. The van der Waals surface area contributed by atoms with Crippen LogP contribution in [0.4, 0.5) is 5.82 Å². The molecule has 0 aliphatic heterocycles. The van der Waals surface area contributed by atoms with Gasteiger partial charge in [0.15, 0.2) is 0 Å². The normalized spacial score (nSPS) is 10.7. The minimum absolute atomic E-state index is 0.0169. The summed E-state index contributed by atoms with van der Waals surface area (Å²) in [6.07, 6.45) is 3.34. The van der Waals surface area contributed by atoms with E-state index in [1.807, 2.05) is 19.0 Å². The van der Waals surface area contributed by atoms with Gasteiger partial charge in [0.05, 0.1) is 0 Å². The molecular weight excluding hydrogens is 266 g/mol. The molecule has 0 bridgehead atoms. The molecule has 0 spiro atoms. The summed E-state index contributed by atoms with van der Waals surface area (Å²) in [6.45, 7) is 7.37. The van der Waals surface area contributed by atoms with Crippen molar-refractivity contribution in [2.75, 3.05) is 45.6 Å². The molecule has 1 amide bonds. The fourth-order valence-electron chi connectivity index (χ4n) is 2.00. The Labute approximate surface area is 127 Å². The number of likely N-dealkylation sites (N-methyl/N-ethyl adjacent to an activating group) is 1. The van der Waals surface area contributed by atoms with E-state index in [0.29, 0.717) is 11.5 Å². The van der Waals surface area contributed by atoms with E-state index >= 15 is 0 Å². The molecule has 118 valence electrons. The van der Waals surface area contributed by atoms with E-state index in [1.165, 1.54) is 6.33 Å². The van der Waals surface area contributed by atoms with Gasteiger partial charge < -0.3 is 15.1 Å². The summed E-state index contributed by atoms with van der Waals surface area (Å²) in [5.74, 6) is 0.680. The number of hydrogen-bond acceptors (Lipinski definition) is 5. The van der Waals surface area contributed by atoms with Crippen molar-refractivity contribution in [3.05, 3.63) is 18.1 Å². The van der Waals surface area contributed by atoms with Gasteiger partial charge in [-0.05, 0) is 26.9 Å². The van der Waals surface area contributed by atoms with E-state index in [9.17, 15) is 4.79 Å². The topological polar surface area (TPSA) is 61.4 Å². The molecule has 0 aromatic carbocycles. The monoisotopic (exact) mass is 293 g/mol. The molecule has 0 fully saturated rings. The molecule has 21 heavy (non-hydrogen) atoms. The number of amides is 1. The number of hydrogen-bond donors (Lipinski definition) is 1. The van der Waals surface area contributed by atoms with E-state index in [0.717, 1.165) is 39.0 Å². The van der Waals surface area contributed by atoms with Gasteiger partial charge in [0.1, 0.15) is 17.8 Å². The SMILES string of the molecule is CCCN(CCC)C(=O)c1cc(NCCN(C)C)ncn1. The molecule has 1 aromatic heterocycles. The quantitative estimate of drug-likeness (QED) is 0.751. The number of nitrogens with one attached hydrogen (secondary N) is 1. The molecule has 6 nitrogen and oxygen atoms in total. The number of anilines is 1. The molecule has 6 heteroatoms. The van der Waals surface area contributed by atoms with Gasteiger partial charge in [0.25, 0.3) is 5.91 Å². The lowest BCUT2D eigenvalue weighted by Crippen LogP contribution is -2.33. The Morgan fingerprint density at radius 1 is 1.14 bits per heavy atom. The number of aromatic nitrogens is 2. The van der Waals surface area contributed by atoms with Crippen LogP contribution in [0.3, 0.4) is 0 Å². The van der Waals surface area contributed by atoms with Crippen LogP contribution >= 0.6 is 0 Å². The second-order valence-electron chi connectivity index (χ2n) is 5.31. The summed E-state index contributed by atoms with van der Waals surface area (Å²) in [6, 6.07) is 1.73. The van der Waals surface area contributed by atoms with Crippen LogP contribution < -0.4 is 5.32 Å². The number of nitrogens with zero attached hydrogens (tertiary/aromatic N) is 4. The van der Waals surface area contributed by atoms with Crippen LogP contribution in [0.5, 0.6) is 0 Å². The zero-order valence-electron chi connectivity index (χ0n) is 13.6. The molecule has 0 saturated carbocycles. The van der Waals surface area contributed by atoms with Crippen molar-refractivity contribution in [2.45, 2.75) is 26.7 Å². The maximum absolute atomic E-state index is 12.5. The van der Waals surface area contributed by atoms with Crippen molar-refractivity contribution in [1.29, 1.82) is 0 Å². The van der Waals surface area contributed by atoms with Crippen LogP contribution in [0.1, 0.15) is 37.2 Å². The first-order valence-corrected chi connectivity index (χ1v) is 7.58. The molecule has 1 N–H and O–H groups in total. The van der Waals surface area contributed by atoms with E-state index in [1.54, 1.807) is 6.07 Å². The molecule has 0 saturated heterocycles. The molecular formula is C15H27N5O. The van der Waals surface area contributed by atoms with E-state index in [4.69, 9.17) is 0 Å². The van der Waals surface area contributed by atoms with E-state index in [2.05, 4.69) is 34.0 Å². The first-order valence-electron chi connectivity index (χ1n) is 7.58. The molecule has 0 atom stereocenters. The van der Waals surface area contributed by atoms with Crippen molar-refractivity contribution in [2.24, 2.45) is 0 Å². The van der Waals surface area contributed by atoms with Crippen molar-refractivity contribution < 1.29 is 4.79 Å². The zero-order valence-corrected chi connectivity index (χ0v) is 13.6. The van der Waals surface area contributed by atoms with Gasteiger partial charge in [0, 0.05) is 32.2 Å². The summed E-state index contributed by atoms with van der Waals surface area (Å²) < 4.78 is 0. The van der Waals surface area contributed by atoms with Crippen LogP contribution in [0, 0.1) is 0 Å². The minimum Gasteiger partial charge on any atom is -0.369 e. The Bertz CT molecular complexity index is 430. The first kappa shape index (κ1) is 17.4. The molecule has 0 aliphatic carbocycles. The molecule has 1 rings (SSSR count). The standard InChI is InChI=1S/C15H27N5O/c1-5-8-20(9-6-2)15(21)13-11-14(18-12-17-13)16-7-10-19(3)4/h11-12H,5-10H2,1-4H3,(H,16,17,18). The Kier molecular flexibility index (Phi) is 7.68. The van der Waals surface area contributed by atoms with Crippen LogP contribution in [-0.4, -0.2) is 65.9 Å². The van der Waals surface area contributed by atoms with Gasteiger partial charge in [-0.25, -0.2) is 9.97 Å². The third-order valence-electron chi connectivity index (χ3n) is 3.03. The highest BCUT2D eigenvalue weighted by atomic mass is 16.2. The Morgan fingerprint density at radius 3 is 2.38 bits per heavy atom. The van der Waals surface area contributed by atoms with Crippen molar-refractivity contribution in [3.8, 4) is 0 Å². The van der Waals surface area contributed by atoms with E-state index < -0.39 is 0 Å². The third-order valence-corrected chi connectivity index (χ3v) is 3.03. The highest BCUT2D eigenvalue weighted by Crippen LogP contribution is 2.08. The van der Waals surface area contributed by atoms with Gasteiger partial charge >= 0.3 is 0 Å². The van der Waals surface area contributed by atoms with Crippen molar-refractivity contribution in [1.82, 2.24) is 19.8 Å². The highest BCUT2D eigenvalue weighted by molar-refractivity contribution is 5.92. The van der Waals surface area contributed by atoms with Gasteiger partial charge in [-0.3, -0.25) is 4.79 Å². The largest absolute Gasteiger partial charge is 0.369 e. The smallest absolute Gasteiger partial charge is 0.272 e. The summed E-state index contributed by atoms with van der Waals surface area (Å²) in [7, 11) is 4.04. The number of carbonyl (C=O) groups excluding carboxylic acids is 1. The predicted octanol–water partition coefficient (Wildman–Crippen LogP) is 1.71. The maximum atomic E-state index is 12.5. The second kappa shape index (κ2) is 9.28. The van der Waals surface area contributed by atoms with E-state index in [-0.39, 0.29) is 5.91 Å². The average Bonchev–Trinajstić information content (AvgIpc) is 2.46. The second-order valence-corrected chi connectivity index (χ2v) is 5.31. The van der Waals surface area contributed by atoms with Crippen LogP contribution in [0.25, 0.3) is 0 Å². The molecule has 0 aliphatic rings. The number of carbonyl (C=O) groups is 1. The summed E-state index contributed by atoms with van der Waals surface area (Å²) in [5.41, 5.74) is 0.458. The molecule has 1 heterocycles. The molecule has 1 aromatic rings. The van der Waals surface area contributed by atoms with Gasteiger partial charge in [-0.15, -0.1) is 0 Å². The lowest BCUT2D eigenvalue weighted by molar-refractivity contribution is 0.0749. The predicted molar refractivity (Wildman–Crippen MR) is 85.6 cm³/mol. The van der Waals surface area contributed by atoms with Crippen LogP contribution in [-0.2, 0) is 0 Å². The first-order chi connectivity index (χ1) is 10.1. The van der Waals surface area contributed by atoms with Gasteiger partial charge in [0.2, 0.25) is 0 Å². The Morgan fingerprint density at radius 2 is 1.81 bits per heavy atom. The van der Waals surface area contributed by atoms with Crippen LogP contribution in [0.15, 0.2) is 12.4 Å². The summed E-state index contributed by atoms with van der Waals surface area (Å²) in [5, 5.41) is 3.21. The summed E-state index contributed by atoms with van der Waals surface area (Å²) >= 11 is 0. The fourth-order valence-corrected chi connectivity index (χ4v) is 2.00. The van der Waals surface area contributed by atoms with Gasteiger partial charge in [-0.2, -0.15) is 0 Å². The van der Waals surface area contributed by atoms with Gasteiger partial charge in [-0.1, -0.05) is 13.8 Å². The third kappa shape index (κ3) is 6.08. The average molecular weight is 293 g/mol. The Balaban J connectivity index is 2.70. The van der Waals surface area contributed by atoms with Crippen molar-refractivity contribution >= 4 is 11.7 Å². The lowest BCUT2D eigenvalue weighted by Gasteiger charge is -2.21. The maximum Gasteiger partial charge on any atom is 0.272 e. The molecule has 0 radical (unpaired) electrons. The fraction of sp³-hybridized carbons (Fsp3) is 0.667. The zero-order chi connectivity index (χ0) is 15.7. The molecule has 0 unspecified atom stereocenters. The Hall–Kier alpha value is -1.69. The number of rotatable bonds is 9.